The van der Waals surface area contributed by atoms with E-state index in [2.05, 4.69) is 5.10 Å². The summed E-state index contributed by atoms with van der Waals surface area (Å²) in [4.78, 5) is 14.1. The Bertz CT molecular complexity index is 921. The Morgan fingerprint density at radius 2 is 1.92 bits per heavy atom. The van der Waals surface area contributed by atoms with Crippen LogP contribution in [0.15, 0.2) is 54.7 Å². The highest BCUT2D eigenvalue weighted by Crippen LogP contribution is 2.18. The summed E-state index contributed by atoms with van der Waals surface area (Å²) in [6, 6.07) is 12.3. The Morgan fingerprint density at radius 1 is 1.16 bits per heavy atom. The monoisotopic (exact) mass is 341 g/mol. The van der Waals surface area contributed by atoms with Crippen molar-refractivity contribution in [1.29, 1.82) is 0 Å². The number of hydrogen-bond acceptors (Lipinski definition) is 2. The van der Waals surface area contributed by atoms with E-state index in [9.17, 15) is 13.6 Å². The van der Waals surface area contributed by atoms with Gasteiger partial charge in [-0.2, -0.15) is 5.10 Å². The summed E-state index contributed by atoms with van der Waals surface area (Å²) in [5.41, 5.74) is 1.89. The van der Waals surface area contributed by atoms with E-state index in [1.165, 1.54) is 34.0 Å². The molecule has 0 saturated heterocycles. The summed E-state index contributed by atoms with van der Waals surface area (Å²) in [6.07, 6.45) is 1.42. The fraction of sp³-hybridized carbons (Fsp3) is 0.158. The van der Waals surface area contributed by atoms with Crippen LogP contribution in [-0.2, 0) is 6.54 Å². The van der Waals surface area contributed by atoms with Crippen LogP contribution in [0.1, 0.15) is 21.6 Å². The highest BCUT2D eigenvalue weighted by Gasteiger charge is 2.20. The Hall–Kier alpha value is -3.02. The van der Waals surface area contributed by atoms with E-state index in [0.29, 0.717) is 16.8 Å². The Balaban J connectivity index is 1.85. The lowest BCUT2D eigenvalue weighted by Crippen LogP contribution is -2.26. The van der Waals surface area contributed by atoms with Crippen molar-refractivity contribution in [2.75, 3.05) is 7.05 Å². The number of aromatic nitrogens is 2. The smallest absolute Gasteiger partial charge is 0.257 e. The van der Waals surface area contributed by atoms with E-state index >= 15 is 0 Å². The van der Waals surface area contributed by atoms with Crippen LogP contribution in [0.5, 0.6) is 0 Å². The lowest BCUT2D eigenvalue weighted by molar-refractivity contribution is 0.0784. The fourth-order valence-corrected chi connectivity index (χ4v) is 2.67. The number of hydrogen-bond donors (Lipinski definition) is 0. The van der Waals surface area contributed by atoms with Crippen LogP contribution in [0.4, 0.5) is 8.78 Å². The van der Waals surface area contributed by atoms with Crippen LogP contribution in [0.25, 0.3) is 5.69 Å². The highest BCUT2D eigenvalue weighted by molar-refractivity contribution is 5.95. The molecule has 0 spiro atoms. The first kappa shape index (κ1) is 16.8. The molecule has 128 valence electrons. The van der Waals surface area contributed by atoms with Gasteiger partial charge < -0.3 is 4.90 Å². The van der Waals surface area contributed by atoms with Crippen LogP contribution >= 0.6 is 0 Å². The Kier molecular flexibility index (Phi) is 4.61. The third kappa shape index (κ3) is 3.42. The van der Waals surface area contributed by atoms with Gasteiger partial charge in [0.2, 0.25) is 0 Å². The van der Waals surface area contributed by atoms with Gasteiger partial charge in [-0.15, -0.1) is 0 Å². The van der Waals surface area contributed by atoms with Crippen molar-refractivity contribution in [3.8, 4) is 5.69 Å². The fourth-order valence-electron chi connectivity index (χ4n) is 2.67. The number of benzene rings is 2. The lowest BCUT2D eigenvalue weighted by atomic mass is 10.2. The van der Waals surface area contributed by atoms with Gasteiger partial charge in [-0.25, -0.2) is 13.5 Å². The van der Waals surface area contributed by atoms with Crippen molar-refractivity contribution in [1.82, 2.24) is 14.7 Å². The van der Waals surface area contributed by atoms with Gasteiger partial charge in [0.1, 0.15) is 17.3 Å². The first-order valence-corrected chi connectivity index (χ1v) is 7.77. The van der Waals surface area contributed by atoms with Gasteiger partial charge in [0.15, 0.2) is 0 Å². The van der Waals surface area contributed by atoms with Gasteiger partial charge in [-0.05, 0) is 36.8 Å². The quantitative estimate of drug-likeness (QED) is 0.725. The van der Waals surface area contributed by atoms with Crippen LogP contribution in [0, 0.1) is 18.6 Å². The maximum Gasteiger partial charge on any atom is 0.257 e. The first-order chi connectivity index (χ1) is 12.0. The molecule has 6 heteroatoms. The maximum atomic E-state index is 14.0. The maximum absolute atomic E-state index is 14.0. The molecule has 0 saturated carbocycles. The summed E-state index contributed by atoms with van der Waals surface area (Å²) in [5, 5.41) is 4.14. The summed E-state index contributed by atoms with van der Waals surface area (Å²) in [6.45, 7) is 1.98. The van der Waals surface area contributed by atoms with E-state index in [1.807, 2.05) is 0 Å². The minimum atomic E-state index is -0.416. The molecule has 1 heterocycles. The molecular formula is C19H17F2N3O. The molecule has 0 unspecified atom stereocenters. The highest BCUT2D eigenvalue weighted by atomic mass is 19.1. The molecular weight excluding hydrogens is 324 g/mol. The van der Waals surface area contributed by atoms with Crippen molar-refractivity contribution < 1.29 is 13.6 Å². The second-order valence-corrected chi connectivity index (χ2v) is 5.80. The lowest BCUT2D eigenvalue weighted by Gasteiger charge is -2.17. The number of carbonyl (C=O) groups excluding carboxylic acids is 1. The SMILES string of the molecule is Cc1c(C(=O)N(C)Cc2cccc(F)c2)cnn1-c1ccccc1F. The normalized spacial score (nSPS) is 10.7. The van der Waals surface area contributed by atoms with E-state index in [4.69, 9.17) is 0 Å². The molecule has 0 fully saturated rings. The molecule has 3 aromatic rings. The molecule has 4 nitrogen and oxygen atoms in total. The molecule has 1 amide bonds. The largest absolute Gasteiger partial charge is 0.337 e. The number of amides is 1. The molecule has 0 N–H and O–H groups in total. The molecule has 25 heavy (non-hydrogen) atoms. The van der Waals surface area contributed by atoms with Gasteiger partial charge in [0, 0.05) is 13.6 Å². The Labute approximate surface area is 144 Å². The molecule has 2 aromatic carbocycles. The van der Waals surface area contributed by atoms with E-state index in [0.717, 1.165) is 0 Å². The predicted octanol–water partition coefficient (Wildman–Crippen LogP) is 3.73. The minimum absolute atomic E-state index is 0.260. The van der Waals surface area contributed by atoms with Gasteiger partial charge in [-0.1, -0.05) is 24.3 Å². The molecule has 0 aliphatic carbocycles. The molecule has 0 bridgehead atoms. The standard InChI is InChI=1S/C19H17F2N3O/c1-13-16(11-22-24(13)18-9-4-3-8-17(18)21)19(25)23(2)12-14-6-5-7-15(20)10-14/h3-11H,12H2,1-2H3. The van der Waals surface area contributed by atoms with Gasteiger partial charge >= 0.3 is 0 Å². The summed E-state index contributed by atoms with van der Waals surface area (Å²) < 4.78 is 28.6. The van der Waals surface area contributed by atoms with Crippen LogP contribution in [-0.4, -0.2) is 27.6 Å². The molecule has 0 atom stereocenters. The first-order valence-electron chi connectivity index (χ1n) is 7.77. The van der Waals surface area contributed by atoms with E-state index in [-0.39, 0.29) is 24.0 Å². The molecule has 0 aliphatic rings. The number of rotatable bonds is 4. The second-order valence-electron chi connectivity index (χ2n) is 5.80. The van der Waals surface area contributed by atoms with E-state index in [1.54, 1.807) is 44.3 Å². The molecule has 0 aliphatic heterocycles. The molecule has 1 aromatic heterocycles. The van der Waals surface area contributed by atoms with Crippen molar-refractivity contribution in [3.05, 3.63) is 83.2 Å². The zero-order chi connectivity index (χ0) is 18.0. The predicted molar refractivity (Wildman–Crippen MR) is 90.5 cm³/mol. The number of nitrogens with zero attached hydrogens (tertiary/aromatic N) is 3. The van der Waals surface area contributed by atoms with Crippen molar-refractivity contribution >= 4 is 5.91 Å². The average molecular weight is 341 g/mol. The zero-order valence-electron chi connectivity index (χ0n) is 13.9. The number of para-hydroxylation sites is 1. The average Bonchev–Trinajstić information content (AvgIpc) is 2.96. The van der Waals surface area contributed by atoms with Crippen molar-refractivity contribution in [2.24, 2.45) is 0 Å². The Morgan fingerprint density at radius 3 is 2.64 bits per heavy atom. The number of carbonyl (C=O) groups is 1. The molecule has 3 rings (SSSR count). The third-order valence-corrected chi connectivity index (χ3v) is 3.98. The van der Waals surface area contributed by atoms with E-state index < -0.39 is 5.82 Å². The van der Waals surface area contributed by atoms with Crippen molar-refractivity contribution in [2.45, 2.75) is 13.5 Å². The summed E-state index contributed by atoms with van der Waals surface area (Å²) >= 11 is 0. The van der Waals surface area contributed by atoms with Crippen molar-refractivity contribution in [3.63, 3.8) is 0 Å². The zero-order valence-corrected chi connectivity index (χ0v) is 13.9. The number of halogens is 2. The van der Waals surface area contributed by atoms with Gasteiger partial charge in [0.05, 0.1) is 17.5 Å². The minimum Gasteiger partial charge on any atom is -0.337 e. The van der Waals surface area contributed by atoms with Crippen LogP contribution in [0.2, 0.25) is 0 Å². The van der Waals surface area contributed by atoms with Gasteiger partial charge in [0.25, 0.3) is 5.91 Å². The second kappa shape index (κ2) is 6.84. The van der Waals surface area contributed by atoms with Crippen LogP contribution < -0.4 is 0 Å². The molecule has 0 radical (unpaired) electrons. The topological polar surface area (TPSA) is 38.1 Å². The third-order valence-electron chi connectivity index (χ3n) is 3.98. The summed E-state index contributed by atoms with van der Waals surface area (Å²) in [5.74, 6) is -1.02. The van der Waals surface area contributed by atoms with Crippen LogP contribution in [0.3, 0.4) is 0 Å². The summed E-state index contributed by atoms with van der Waals surface area (Å²) in [7, 11) is 1.63. The van der Waals surface area contributed by atoms with Gasteiger partial charge in [-0.3, -0.25) is 4.79 Å².